The number of hydrogen-bond acceptors (Lipinski definition) is 3. The molecule has 0 spiro atoms. The van der Waals surface area contributed by atoms with Crippen LogP contribution in [-0.2, 0) is 6.54 Å². The maximum atomic E-state index is 12.3. The summed E-state index contributed by atoms with van der Waals surface area (Å²) in [7, 11) is 1.68. The second-order valence-corrected chi connectivity index (χ2v) is 4.52. The molecule has 0 aliphatic heterocycles. The lowest BCUT2D eigenvalue weighted by molar-refractivity contribution is -0.132. The lowest BCUT2D eigenvalue weighted by Crippen LogP contribution is -2.26. The Morgan fingerprint density at radius 2 is 2.05 bits per heavy atom. The summed E-state index contributed by atoms with van der Waals surface area (Å²) in [5.41, 5.74) is 2.52. The van der Waals surface area contributed by atoms with E-state index in [9.17, 15) is 13.2 Å². The third-order valence-corrected chi connectivity index (χ3v) is 2.81. The standard InChI is InChI=1S/C13H20F3N3/c1-4-17-8-11-9-18-10(2)7-12(11)19(3)6-5-13(14,15)16/h7,9,17H,4-6,8H2,1-3H3. The molecular formula is C13H20F3N3. The van der Waals surface area contributed by atoms with E-state index in [1.54, 1.807) is 18.1 Å². The van der Waals surface area contributed by atoms with E-state index in [2.05, 4.69) is 10.3 Å². The number of alkyl halides is 3. The Hall–Kier alpha value is -1.30. The highest BCUT2D eigenvalue weighted by molar-refractivity contribution is 5.53. The number of rotatable bonds is 6. The van der Waals surface area contributed by atoms with Crippen LogP contribution in [0.3, 0.4) is 0 Å². The Morgan fingerprint density at radius 3 is 2.63 bits per heavy atom. The van der Waals surface area contributed by atoms with Crippen molar-refractivity contribution in [2.24, 2.45) is 0 Å². The first kappa shape index (κ1) is 15.8. The molecule has 108 valence electrons. The van der Waals surface area contributed by atoms with Gasteiger partial charge in [0.05, 0.1) is 6.42 Å². The molecule has 0 aliphatic carbocycles. The zero-order valence-corrected chi connectivity index (χ0v) is 11.5. The molecule has 0 fully saturated rings. The average Bonchev–Trinajstić information content (AvgIpc) is 2.33. The van der Waals surface area contributed by atoms with Crippen molar-refractivity contribution in [1.82, 2.24) is 10.3 Å². The summed E-state index contributed by atoms with van der Waals surface area (Å²) >= 11 is 0. The summed E-state index contributed by atoms with van der Waals surface area (Å²) in [6.07, 6.45) is -3.22. The van der Waals surface area contributed by atoms with E-state index < -0.39 is 12.6 Å². The van der Waals surface area contributed by atoms with Crippen molar-refractivity contribution in [3.63, 3.8) is 0 Å². The topological polar surface area (TPSA) is 28.2 Å². The van der Waals surface area contributed by atoms with Crippen LogP contribution in [0.1, 0.15) is 24.6 Å². The molecule has 0 aliphatic rings. The predicted molar refractivity (Wildman–Crippen MR) is 70.3 cm³/mol. The Bertz CT molecular complexity index is 405. The molecule has 0 radical (unpaired) electrons. The highest BCUT2D eigenvalue weighted by Crippen LogP contribution is 2.24. The number of aryl methyl sites for hydroxylation is 1. The molecule has 0 saturated heterocycles. The second-order valence-electron chi connectivity index (χ2n) is 4.52. The van der Waals surface area contributed by atoms with E-state index in [4.69, 9.17) is 0 Å². The van der Waals surface area contributed by atoms with Crippen LogP contribution < -0.4 is 10.2 Å². The van der Waals surface area contributed by atoms with Crippen molar-refractivity contribution in [2.45, 2.75) is 33.0 Å². The van der Waals surface area contributed by atoms with Crippen LogP contribution in [0, 0.1) is 6.92 Å². The Balaban J connectivity index is 2.81. The lowest BCUT2D eigenvalue weighted by atomic mass is 10.2. The normalized spacial score (nSPS) is 11.7. The molecule has 0 saturated carbocycles. The van der Waals surface area contributed by atoms with Crippen LogP contribution >= 0.6 is 0 Å². The van der Waals surface area contributed by atoms with E-state index in [1.807, 2.05) is 19.9 Å². The van der Waals surface area contributed by atoms with Crippen LogP contribution in [-0.4, -0.2) is 31.3 Å². The monoisotopic (exact) mass is 275 g/mol. The summed E-state index contributed by atoms with van der Waals surface area (Å²) in [4.78, 5) is 5.83. The summed E-state index contributed by atoms with van der Waals surface area (Å²) in [6, 6.07) is 1.82. The number of nitrogens with zero attached hydrogens (tertiary/aromatic N) is 2. The van der Waals surface area contributed by atoms with Crippen LogP contribution in [0.4, 0.5) is 18.9 Å². The van der Waals surface area contributed by atoms with Gasteiger partial charge in [-0.15, -0.1) is 0 Å². The van der Waals surface area contributed by atoms with E-state index in [0.717, 1.165) is 23.5 Å². The fourth-order valence-electron chi connectivity index (χ4n) is 1.74. The van der Waals surface area contributed by atoms with Crippen molar-refractivity contribution >= 4 is 5.69 Å². The van der Waals surface area contributed by atoms with Crippen LogP contribution in [0.5, 0.6) is 0 Å². The van der Waals surface area contributed by atoms with Gasteiger partial charge in [0.15, 0.2) is 0 Å². The minimum absolute atomic E-state index is 0.0495. The summed E-state index contributed by atoms with van der Waals surface area (Å²) in [6.45, 7) is 5.17. The highest BCUT2D eigenvalue weighted by Gasteiger charge is 2.27. The van der Waals surface area contributed by atoms with Crippen LogP contribution in [0.25, 0.3) is 0 Å². The molecule has 1 aromatic heterocycles. The number of anilines is 1. The molecule has 3 nitrogen and oxygen atoms in total. The highest BCUT2D eigenvalue weighted by atomic mass is 19.4. The Labute approximate surface area is 111 Å². The zero-order valence-electron chi connectivity index (χ0n) is 11.5. The van der Waals surface area contributed by atoms with Gasteiger partial charge in [0.2, 0.25) is 0 Å². The van der Waals surface area contributed by atoms with Crippen LogP contribution in [0.15, 0.2) is 12.3 Å². The van der Waals surface area contributed by atoms with Gasteiger partial charge in [-0.1, -0.05) is 6.92 Å². The SMILES string of the molecule is CCNCc1cnc(C)cc1N(C)CCC(F)(F)F. The van der Waals surface area contributed by atoms with E-state index in [-0.39, 0.29) is 6.54 Å². The van der Waals surface area contributed by atoms with Crippen molar-refractivity contribution in [3.05, 3.63) is 23.5 Å². The van der Waals surface area contributed by atoms with Gasteiger partial charge in [-0.3, -0.25) is 4.98 Å². The van der Waals surface area contributed by atoms with Gasteiger partial charge in [-0.05, 0) is 19.5 Å². The maximum Gasteiger partial charge on any atom is 0.390 e. The molecule has 0 unspecified atom stereocenters. The summed E-state index contributed by atoms with van der Waals surface area (Å²) < 4.78 is 36.8. The Kier molecular flexibility index (Phi) is 5.60. The molecule has 1 rings (SSSR count). The Morgan fingerprint density at radius 1 is 1.37 bits per heavy atom. The molecule has 0 atom stereocenters. The first-order chi connectivity index (χ1) is 8.83. The molecule has 1 aromatic rings. The largest absolute Gasteiger partial charge is 0.390 e. The van der Waals surface area contributed by atoms with E-state index in [0.29, 0.717) is 6.54 Å². The van der Waals surface area contributed by atoms with Gasteiger partial charge in [-0.2, -0.15) is 13.2 Å². The number of nitrogens with one attached hydrogen (secondary N) is 1. The van der Waals surface area contributed by atoms with Gasteiger partial charge >= 0.3 is 6.18 Å². The van der Waals surface area contributed by atoms with Crippen molar-refractivity contribution in [3.8, 4) is 0 Å². The molecule has 0 aromatic carbocycles. The third-order valence-electron chi connectivity index (χ3n) is 2.81. The summed E-state index contributed by atoms with van der Waals surface area (Å²) in [5.74, 6) is 0. The first-order valence-electron chi connectivity index (χ1n) is 6.27. The maximum absolute atomic E-state index is 12.3. The second kappa shape index (κ2) is 6.75. The fourth-order valence-corrected chi connectivity index (χ4v) is 1.74. The van der Waals surface area contributed by atoms with Gasteiger partial charge in [0.1, 0.15) is 0 Å². The molecule has 0 amide bonds. The smallest absolute Gasteiger partial charge is 0.374 e. The van der Waals surface area contributed by atoms with E-state index in [1.165, 1.54) is 0 Å². The number of halogens is 3. The van der Waals surface area contributed by atoms with Crippen molar-refractivity contribution in [1.29, 1.82) is 0 Å². The summed E-state index contributed by atoms with van der Waals surface area (Å²) in [5, 5.41) is 3.16. The zero-order chi connectivity index (χ0) is 14.5. The van der Waals surface area contributed by atoms with Crippen molar-refractivity contribution < 1.29 is 13.2 Å². The molecule has 1 N–H and O–H groups in total. The first-order valence-corrected chi connectivity index (χ1v) is 6.27. The minimum Gasteiger partial charge on any atom is -0.374 e. The van der Waals surface area contributed by atoms with Crippen molar-refractivity contribution in [2.75, 3.05) is 25.0 Å². The quantitative estimate of drug-likeness (QED) is 0.865. The molecular weight excluding hydrogens is 255 g/mol. The van der Waals surface area contributed by atoms with Gasteiger partial charge in [-0.25, -0.2) is 0 Å². The van der Waals surface area contributed by atoms with Crippen LogP contribution in [0.2, 0.25) is 0 Å². The number of aromatic nitrogens is 1. The van der Waals surface area contributed by atoms with E-state index >= 15 is 0 Å². The van der Waals surface area contributed by atoms with Gasteiger partial charge in [0, 0.05) is 43.3 Å². The van der Waals surface area contributed by atoms with Gasteiger partial charge < -0.3 is 10.2 Å². The molecule has 0 bridgehead atoms. The molecule has 1 heterocycles. The lowest BCUT2D eigenvalue weighted by Gasteiger charge is -2.23. The molecule has 19 heavy (non-hydrogen) atoms. The molecule has 6 heteroatoms. The predicted octanol–water partition coefficient (Wildman–Crippen LogP) is 2.89. The number of hydrogen-bond donors (Lipinski definition) is 1. The van der Waals surface area contributed by atoms with Gasteiger partial charge in [0.25, 0.3) is 0 Å². The average molecular weight is 275 g/mol. The third kappa shape index (κ3) is 5.46. The number of pyridine rings is 1. The fraction of sp³-hybridized carbons (Fsp3) is 0.615. The minimum atomic E-state index is -4.13.